The Balaban J connectivity index is 1.73. The molecule has 8 nitrogen and oxygen atoms in total. The molecular weight excluding hydrogens is 278 g/mol. The largest absolute Gasteiger partial charge is 0.481 e. The van der Waals surface area contributed by atoms with Crippen LogP contribution in [0.4, 0.5) is 0 Å². The van der Waals surface area contributed by atoms with Crippen LogP contribution in [0.2, 0.25) is 0 Å². The molecule has 0 saturated carbocycles. The number of ether oxygens (including phenoxy) is 1. The summed E-state index contributed by atoms with van der Waals surface area (Å²) in [6.07, 6.45) is 2.87. The van der Waals surface area contributed by atoms with Gasteiger partial charge < -0.3 is 18.8 Å². The lowest BCUT2D eigenvalue weighted by atomic mass is 10.3. The molecule has 0 saturated heterocycles. The smallest absolute Gasteiger partial charge is 0.358 e. The van der Waals surface area contributed by atoms with E-state index in [4.69, 9.17) is 18.8 Å². The SMILES string of the molecule is O=C(O)c1ncccc1OCc1nc(-c2ccco2)no1. The molecule has 0 atom stereocenters. The van der Waals surface area contributed by atoms with Gasteiger partial charge in [-0.25, -0.2) is 9.78 Å². The zero-order valence-corrected chi connectivity index (χ0v) is 10.6. The summed E-state index contributed by atoms with van der Waals surface area (Å²) in [6, 6.07) is 6.47. The Kier molecular flexibility index (Phi) is 3.34. The van der Waals surface area contributed by atoms with E-state index in [1.54, 1.807) is 18.2 Å². The topological polar surface area (TPSA) is 111 Å². The van der Waals surface area contributed by atoms with Gasteiger partial charge in [-0.1, -0.05) is 5.16 Å². The number of furan rings is 1. The minimum absolute atomic E-state index is 0.0698. The van der Waals surface area contributed by atoms with Crippen molar-refractivity contribution >= 4 is 5.97 Å². The van der Waals surface area contributed by atoms with Crippen LogP contribution in [0.3, 0.4) is 0 Å². The van der Waals surface area contributed by atoms with Crippen molar-refractivity contribution in [2.75, 3.05) is 0 Å². The quantitative estimate of drug-likeness (QED) is 0.758. The number of aromatic carboxylic acids is 1. The van der Waals surface area contributed by atoms with Crippen molar-refractivity contribution in [2.45, 2.75) is 6.61 Å². The predicted molar refractivity (Wildman–Crippen MR) is 67.5 cm³/mol. The van der Waals surface area contributed by atoms with E-state index in [2.05, 4.69) is 15.1 Å². The maximum Gasteiger partial charge on any atom is 0.358 e. The molecule has 0 fully saturated rings. The summed E-state index contributed by atoms with van der Waals surface area (Å²) < 4.78 is 15.5. The number of carbonyl (C=O) groups is 1. The molecule has 3 aromatic rings. The highest BCUT2D eigenvalue weighted by atomic mass is 16.5. The van der Waals surface area contributed by atoms with Gasteiger partial charge in [0.2, 0.25) is 5.82 Å². The zero-order chi connectivity index (χ0) is 14.7. The van der Waals surface area contributed by atoms with Crippen LogP contribution in [0.15, 0.2) is 45.7 Å². The Morgan fingerprint density at radius 2 is 2.24 bits per heavy atom. The van der Waals surface area contributed by atoms with Crippen molar-refractivity contribution in [3.63, 3.8) is 0 Å². The molecule has 3 aromatic heterocycles. The third kappa shape index (κ3) is 2.73. The molecule has 8 heteroatoms. The Morgan fingerprint density at radius 3 is 3.00 bits per heavy atom. The first-order chi connectivity index (χ1) is 10.2. The first kappa shape index (κ1) is 12.9. The molecule has 106 valence electrons. The lowest BCUT2D eigenvalue weighted by molar-refractivity contribution is 0.0684. The van der Waals surface area contributed by atoms with Crippen LogP contribution >= 0.6 is 0 Å². The third-order valence-electron chi connectivity index (χ3n) is 2.53. The summed E-state index contributed by atoms with van der Waals surface area (Å²) in [5.41, 5.74) is -0.178. The van der Waals surface area contributed by atoms with Crippen LogP contribution in [0, 0.1) is 0 Å². The predicted octanol–water partition coefficient (Wildman–Crippen LogP) is 2.00. The van der Waals surface area contributed by atoms with E-state index >= 15 is 0 Å². The van der Waals surface area contributed by atoms with Gasteiger partial charge in [-0.3, -0.25) is 0 Å². The second-order valence-corrected chi connectivity index (χ2v) is 3.93. The summed E-state index contributed by atoms with van der Waals surface area (Å²) in [7, 11) is 0. The van der Waals surface area contributed by atoms with Gasteiger partial charge >= 0.3 is 5.97 Å². The second-order valence-electron chi connectivity index (χ2n) is 3.93. The normalized spacial score (nSPS) is 10.5. The standard InChI is InChI=1S/C13H9N3O5/c17-13(18)11-8(3-1-5-14-11)20-7-10-15-12(16-21-10)9-4-2-6-19-9/h1-6H,7H2,(H,17,18). The van der Waals surface area contributed by atoms with Crippen LogP contribution in [0.25, 0.3) is 11.6 Å². The maximum absolute atomic E-state index is 11.0. The summed E-state index contributed by atoms with van der Waals surface area (Å²) in [4.78, 5) is 18.8. The van der Waals surface area contributed by atoms with Crippen molar-refractivity contribution in [1.82, 2.24) is 15.1 Å². The van der Waals surface area contributed by atoms with Gasteiger partial charge in [0, 0.05) is 6.20 Å². The molecule has 0 radical (unpaired) electrons. The molecule has 1 N–H and O–H groups in total. The number of hydrogen-bond donors (Lipinski definition) is 1. The van der Waals surface area contributed by atoms with Gasteiger partial charge in [-0.2, -0.15) is 4.98 Å². The van der Waals surface area contributed by atoms with Crippen LogP contribution in [-0.2, 0) is 6.61 Å². The van der Waals surface area contributed by atoms with Crippen molar-refractivity contribution in [3.8, 4) is 17.3 Å². The number of nitrogens with zero attached hydrogens (tertiary/aromatic N) is 3. The van der Waals surface area contributed by atoms with Crippen molar-refractivity contribution in [3.05, 3.63) is 48.3 Å². The van der Waals surface area contributed by atoms with Crippen LogP contribution < -0.4 is 4.74 Å². The average molecular weight is 287 g/mol. The number of carboxylic acid groups (broad SMARTS) is 1. The highest BCUT2D eigenvalue weighted by Crippen LogP contribution is 2.19. The minimum Gasteiger partial charge on any atom is -0.481 e. The number of carboxylic acids is 1. The van der Waals surface area contributed by atoms with Crippen LogP contribution in [-0.4, -0.2) is 26.2 Å². The molecule has 0 spiro atoms. The summed E-state index contributed by atoms with van der Waals surface area (Å²) in [5.74, 6) is -0.0856. The van der Waals surface area contributed by atoms with Crippen molar-refractivity contribution in [2.24, 2.45) is 0 Å². The first-order valence-electron chi connectivity index (χ1n) is 5.91. The fourth-order valence-corrected chi connectivity index (χ4v) is 1.63. The number of rotatable bonds is 5. The van der Waals surface area contributed by atoms with Gasteiger partial charge in [0.15, 0.2) is 23.8 Å². The zero-order valence-electron chi connectivity index (χ0n) is 10.6. The molecule has 0 aliphatic rings. The van der Waals surface area contributed by atoms with Crippen molar-refractivity contribution in [1.29, 1.82) is 0 Å². The molecule has 3 heterocycles. The Labute approximate surface area is 118 Å². The lowest BCUT2D eigenvalue weighted by Crippen LogP contribution is -2.05. The monoisotopic (exact) mass is 287 g/mol. The Hall–Kier alpha value is -3.16. The van der Waals surface area contributed by atoms with E-state index in [0.29, 0.717) is 11.6 Å². The molecule has 0 bridgehead atoms. The molecule has 0 aliphatic heterocycles. The first-order valence-corrected chi connectivity index (χ1v) is 5.91. The molecule has 3 rings (SSSR count). The van der Waals surface area contributed by atoms with E-state index in [0.717, 1.165) is 0 Å². The molecule has 0 amide bonds. The van der Waals surface area contributed by atoms with Crippen molar-refractivity contribution < 1.29 is 23.6 Å². The summed E-state index contributed by atoms with van der Waals surface area (Å²) in [5, 5.41) is 12.7. The molecule has 0 aliphatic carbocycles. The number of aromatic nitrogens is 3. The minimum atomic E-state index is -1.17. The highest BCUT2D eigenvalue weighted by Gasteiger charge is 2.15. The van der Waals surface area contributed by atoms with E-state index in [-0.39, 0.29) is 23.9 Å². The van der Waals surface area contributed by atoms with Gasteiger partial charge in [0.05, 0.1) is 6.26 Å². The molecular formula is C13H9N3O5. The molecule has 21 heavy (non-hydrogen) atoms. The number of pyridine rings is 1. The average Bonchev–Trinajstić information content (AvgIpc) is 3.16. The second kappa shape index (κ2) is 5.45. The van der Waals surface area contributed by atoms with Gasteiger partial charge in [-0.05, 0) is 24.3 Å². The van der Waals surface area contributed by atoms with Gasteiger partial charge in [-0.15, -0.1) is 0 Å². The van der Waals surface area contributed by atoms with E-state index in [1.165, 1.54) is 18.5 Å². The highest BCUT2D eigenvalue weighted by molar-refractivity contribution is 5.88. The third-order valence-corrected chi connectivity index (χ3v) is 2.53. The van der Waals surface area contributed by atoms with Gasteiger partial charge in [0.25, 0.3) is 5.89 Å². The molecule has 0 aromatic carbocycles. The van der Waals surface area contributed by atoms with E-state index in [1.807, 2.05) is 0 Å². The Morgan fingerprint density at radius 1 is 1.33 bits per heavy atom. The van der Waals surface area contributed by atoms with Crippen LogP contribution in [0.5, 0.6) is 5.75 Å². The van der Waals surface area contributed by atoms with Gasteiger partial charge in [0.1, 0.15) is 0 Å². The van der Waals surface area contributed by atoms with E-state index < -0.39 is 5.97 Å². The van der Waals surface area contributed by atoms with Crippen LogP contribution in [0.1, 0.15) is 16.4 Å². The fraction of sp³-hybridized carbons (Fsp3) is 0.0769. The summed E-state index contributed by atoms with van der Waals surface area (Å²) in [6.45, 7) is -0.0698. The maximum atomic E-state index is 11.0. The molecule has 0 unspecified atom stereocenters. The lowest BCUT2D eigenvalue weighted by Gasteiger charge is -2.04. The number of hydrogen-bond acceptors (Lipinski definition) is 7. The fourth-order valence-electron chi connectivity index (χ4n) is 1.63. The Bertz CT molecular complexity index is 751. The summed E-state index contributed by atoms with van der Waals surface area (Å²) >= 11 is 0. The van der Waals surface area contributed by atoms with E-state index in [9.17, 15) is 4.79 Å².